The Hall–Kier alpha value is -2.08. The van der Waals surface area contributed by atoms with Crippen molar-refractivity contribution in [1.29, 1.82) is 0 Å². The minimum absolute atomic E-state index is 0.0232. The van der Waals surface area contributed by atoms with Crippen LogP contribution in [0.2, 0.25) is 5.02 Å². The predicted molar refractivity (Wildman–Crippen MR) is 92.5 cm³/mol. The van der Waals surface area contributed by atoms with Crippen molar-refractivity contribution >= 4 is 34.4 Å². The highest BCUT2D eigenvalue weighted by Gasteiger charge is 2.36. The molecule has 0 spiro atoms. The molecule has 6 nitrogen and oxygen atoms in total. The molecule has 1 saturated heterocycles. The van der Waals surface area contributed by atoms with E-state index in [4.69, 9.17) is 11.6 Å². The van der Waals surface area contributed by atoms with Crippen LogP contribution >= 0.6 is 11.6 Å². The smallest absolute Gasteiger partial charge is 0.228 e. The molecule has 2 heterocycles. The molecule has 1 aliphatic heterocycles. The van der Waals surface area contributed by atoms with Crippen LogP contribution in [-0.4, -0.2) is 51.2 Å². The summed E-state index contributed by atoms with van der Waals surface area (Å²) in [5.41, 5.74) is 1.66. The van der Waals surface area contributed by atoms with Crippen molar-refractivity contribution in [2.75, 3.05) is 13.6 Å². The number of hydrogen-bond acceptors (Lipinski definition) is 3. The van der Waals surface area contributed by atoms with Gasteiger partial charge in [0.1, 0.15) is 5.82 Å². The van der Waals surface area contributed by atoms with Crippen LogP contribution in [0.1, 0.15) is 26.1 Å². The molecule has 2 aromatic rings. The van der Waals surface area contributed by atoms with Gasteiger partial charge < -0.3 is 14.8 Å². The fourth-order valence-electron chi connectivity index (χ4n) is 3.12. The number of H-pyrrole nitrogens is 1. The molecule has 128 valence electrons. The summed E-state index contributed by atoms with van der Waals surface area (Å²) in [4.78, 5) is 35.6. The maximum atomic E-state index is 12.6. The molecule has 0 radical (unpaired) electrons. The minimum Gasteiger partial charge on any atom is -0.340 e. The number of hydrogen-bond donors (Lipinski definition) is 1. The van der Waals surface area contributed by atoms with Crippen molar-refractivity contribution in [2.45, 2.75) is 32.9 Å². The molecular formula is C17H21ClN4O2. The van der Waals surface area contributed by atoms with E-state index in [1.807, 2.05) is 26.0 Å². The van der Waals surface area contributed by atoms with Crippen LogP contribution in [0.25, 0.3) is 11.0 Å². The fraction of sp³-hybridized carbons (Fsp3) is 0.471. The predicted octanol–water partition coefficient (Wildman–Crippen LogP) is 2.43. The van der Waals surface area contributed by atoms with E-state index in [2.05, 4.69) is 9.97 Å². The van der Waals surface area contributed by atoms with Crippen LogP contribution in [0.4, 0.5) is 0 Å². The van der Waals surface area contributed by atoms with E-state index in [0.29, 0.717) is 23.9 Å². The van der Waals surface area contributed by atoms with Gasteiger partial charge in [-0.2, -0.15) is 0 Å². The standard InChI is InChI=1S/C17H21ClN4O2/c1-10(2)22-8-11(6-16(22)23)17(24)21(3)9-15-19-13-5-4-12(18)7-14(13)20-15/h4-5,7,10-11H,6,8-9H2,1-3H3,(H,19,20)/t11-/m1/s1. The van der Waals surface area contributed by atoms with Crippen molar-refractivity contribution in [3.8, 4) is 0 Å². The number of fused-ring (bicyclic) bond motifs is 1. The topological polar surface area (TPSA) is 69.3 Å². The average Bonchev–Trinajstić information content (AvgIpc) is 3.08. The molecule has 1 aromatic carbocycles. The lowest BCUT2D eigenvalue weighted by atomic mass is 10.1. The number of nitrogens with one attached hydrogen (secondary N) is 1. The molecule has 0 saturated carbocycles. The third-order valence-corrected chi connectivity index (χ3v) is 4.62. The molecule has 2 amide bonds. The molecule has 1 N–H and O–H groups in total. The van der Waals surface area contributed by atoms with E-state index in [0.717, 1.165) is 11.0 Å². The molecule has 1 fully saturated rings. The Labute approximate surface area is 145 Å². The zero-order chi connectivity index (χ0) is 17.4. The lowest BCUT2D eigenvalue weighted by Gasteiger charge is -2.22. The molecule has 0 unspecified atom stereocenters. The Balaban J connectivity index is 1.68. The molecule has 1 aliphatic rings. The summed E-state index contributed by atoms with van der Waals surface area (Å²) in [7, 11) is 1.74. The summed E-state index contributed by atoms with van der Waals surface area (Å²) < 4.78 is 0. The Kier molecular flexibility index (Phi) is 4.49. The summed E-state index contributed by atoms with van der Waals surface area (Å²) in [5.74, 6) is 0.456. The second-order valence-electron chi connectivity index (χ2n) is 6.58. The molecule has 0 aliphatic carbocycles. The number of benzene rings is 1. The summed E-state index contributed by atoms with van der Waals surface area (Å²) >= 11 is 5.97. The van der Waals surface area contributed by atoms with Crippen LogP contribution in [0.5, 0.6) is 0 Å². The quantitative estimate of drug-likeness (QED) is 0.922. The van der Waals surface area contributed by atoms with Gasteiger partial charge in [0.05, 0.1) is 23.5 Å². The molecule has 3 rings (SSSR count). The molecule has 24 heavy (non-hydrogen) atoms. The van der Waals surface area contributed by atoms with Gasteiger partial charge >= 0.3 is 0 Å². The number of carbonyl (C=O) groups is 2. The summed E-state index contributed by atoms with van der Waals surface area (Å²) in [6, 6.07) is 5.57. The molecule has 0 bridgehead atoms. The van der Waals surface area contributed by atoms with E-state index < -0.39 is 0 Å². The number of aromatic amines is 1. The van der Waals surface area contributed by atoms with Crippen molar-refractivity contribution < 1.29 is 9.59 Å². The van der Waals surface area contributed by atoms with Gasteiger partial charge in [-0.3, -0.25) is 9.59 Å². The zero-order valence-corrected chi connectivity index (χ0v) is 14.8. The van der Waals surface area contributed by atoms with E-state index in [1.165, 1.54) is 0 Å². The SMILES string of the molecule is CC(C)N1C[C@H](C(=O)N(C)Cc2nc3ccc(Cl)cc3[nH]2)CC1=O. The van der Waals surface area contributed by atoms with E-state index in [-0.39, 0.29) is 30.2 Å². The minimum atomic E-state index is -0.274. The average molecular weight is 349 g/mol. The summed E-state index contributed by atoms with van der Waals surface area (Å²) in [6.45, 7) is 4.80. The molecule has 7 heteroatoms. The summed E-state index contributed by atoms with van der Waals surface area (Å²) in [6.07, 6.45) is 0.289. The van der Waals surface area contributed by atoms with Gasteiger partial charge in [-0.25, -0.2) is 4.98 Å². The maximum absolute atomic E-state index is 12.6. The third kappa shape index (κ3) is 3.24. The van der Waals surface area contributed by atoms with Gasteiger partial charge in [-0.15, -0.1) is 0 Å². The first-order chi connectivity index (χ1) is 11.3. The Morgan fingerprint density at radius 3 is 2.92 bits per heavy atom. The number of aromatic nitrogens is 2. The lowest BCUT2D eigenvalue weighted by Crippen LogP contribution is -2.36. The van der Waals surface area contributed by atoms with Crippen molar-refractivity contribution in [3.63, 3.8) is 0 Å². The summed E-state index contributed by atoms with van der Waals surface area (Å²) in [5, 5.41) is 0.639. The monoisotopic (exact) mass is 348 g/mol. The molecule has 1 atom stereocenters. The number of nitrogens with zero attached hydrogens (tertiary/aromatic N) is 3. The first-order valence-electron chi connectivity index (χ1n) is 8.03. The maximum Gasteiger partial charge on any atom is 0.228 e. The normalized spacial score (nSPS) is 18.0. The van der Waals surface area contributed by atoms with Crippen LogP contribution < -0.4 is 0 Å². The second kappa shape index (κ2) is 6.43. The molecule has 1 aromatic heterocycles. The first kappa shape index (κ1) is 16.8. The third-order valence-electron chi connectivity index (χ3n) is 4.39. The van der Waals surface area contributed by atoms with Gasteiger partial charge in [-0.05, 0) is 32.0 Å². The van der Waals surface area contributed by atoms with E-state index in [1.54, 1.807) is 22.9 Å². The van der Waals surface area contributed by atoms with Crippen molar-refractivity contribution in [1.82, 2.24) is 19.8 Å². The Morgan fingerprint density at radius 1 is 1.50 bits per heavy atom. The van der Waals surface area contributed by atoms with Crippen LogP contribution in [0.3, 0.4) is 0 Å². The van der Waals surface area contributed by atoms with Crippen LogP contribution in [-0.2, 0) is 16.1 Å². The Morgan fingerprint density at radius 2 is 2.25 bits per heavy atom. The highest BCUT2D eigenvalue weighted by Crippen LogP contribution is 2.23. The van der Waals surface area contributed by atoms with E-state index >= 15 is 0 Å². The zero-order valence-electron chi connectivity index (χ0n) is 14.0. The van der Waals surface area contributed by atoms with Crippen molar-refractivity contribution in [3.05, 3.63) is 29.0 Å². The van der Waals surface area contributed by atoms with Gasteiger partial charge in [0, 0.05) is 31.1 Å². The van der Waals surface area contributed by atoms with Gasteiger partial charge in [0.15, 0.2) is 0 Å². The van der Waals surface area contributed by atoms with Crippen LogP contribution in [0, 0.1) is 5.92 Å². The van der Waals surface area contributed by atoms with E-state index in [9.17, 15) is 9.59 Å². The lowest BCUT2D eigenvalue weighted by molar-refractivity contribution is -0.135. The number of rotatable bonds is 4. The first-order valence-corrected chi connectivity index (χ1v) is 8.41. The van der Waals surface area contributed by atoms with Crippen molar-refractivity contribution in [2.24, 2.45) is 5.92 Å². The molecular weight excluding hydrogens is 328 g/mol. The number of imidazole rings is 1. The highest BCUT2D eigenvalue weighted by atomic mass is 35.5. The Bertz CT molecular complexity index is 786. The van der Waals surface area contributed by atoms with Gasteiger partial charge in [0.25, 0.3) is 0 Å². The number of carbonyl (C=O) groups excluding carboxylic acids is 2. The van der Waals surface area contributed by atoms with Gasteiger partial charge in [0.2, 0.25) is 11.8 Å². The largest absolute Gasteiger partial charge is 0.340 e. The van der Waals surface area contributed by atoms with Gasteiger partial charge in [-0.1, -0.05) is 11.6 Å². The highest BCUT2D eigenvalue weighted by molar-refractivity contribution is 6.31. The fourth-order valence-corrected chi connectivity index (χ4v) is 3.29. The van der Waals surface area contributed by atoms with Crippen LogP contribution in [0.15, 0.2) is 18.2 Å². The number of likely N-dealkylation sites (tertiary alicyclic amines) is 1. The number of amides is 2. The number of halogens is 1. The second-order valence-corrected chi connectivity index (χ2v) is 7.02.